The predicted octanol–water partition coefficient (Wildman–Crippen LogP) is 5.53. The van der Waals surface area contributed by atoms with Gasteiger partial charge in [0.05, 0.1) is 23.3 Å². The van der Waals surface area contributed by atoms with Crippen molar-refractivity contribution in [2.45, 2.75) is 12.8 Å². The van der Waals surface area contributed by atoms with E-state index in [4.69, 9.17) is 9.47 Å². The van der Waals surface area contributed by atoms with Crippen LogP contribution < -0.4 is 14.5 Å². The lowest BCUT2D eigenvalue weighted by Gasteiger charge is -2.12. The maximum Gasteiger partial charge on any atom is 0.435 e. The molecule has 8 nitrogen and oxygen atoms in total. The fraction of sp³-hybridized carbons (Fsp3) is 0.120. The van der Waals surface area contributed by atoms with Gasteiger partial charge >= 0.3 is 6.18 Å². The first-order valence-electron chi connectivity index (χ1n) is 10.5. The van der Waals surface area contributed by atoms with Gasteiger partial charge in [-0.2, -0.15) is 23.3 Å². The quantitative estimate of drug-likeness (QED) is 0.243. The van der Waals surface area contributed by atoms with E-state index in [2.05, 4.69) is 5.10 Å². The molecule has 0 radical (unpaired) electrons. The number of non-ortho nitro benzene ring substituents is 1. The molecule has 4 rings (SSSR count). The van der Waals surface area contributed by atoms with E-state index in [0.717, 1.165) is 6.08 Å². The summed E-state index contributed by atoms with van der Waals surface area (Å²) >= 11 is 0. The number of hydrogen-bond donors (Lipinski definition) is 0. The molecule has 1 heterocycles. The maximum absolute atomic E-state index is 13.7. The second-order valence-electron chi connectivity index (χ2n) is 7.58. The molecule has 0 bridgehead atoms. The lowest BCUT2D eigenvalue weighted by Crippen LogP contribution is -2.25. The minimum atomic E-state index is -4.84. The van der Waals surface area contributed by atoms with E-state index in [9.17, 15) is 28.1 Å². The van der Waals surface area contributed by atoms with E-state index in [0.29, 0.717) is 16.3 Å². The Bertz CT molecular complexity index is 1350. The number of carbonyl (C=O) groups is 1. The van der Waals surface area contributed by atoms with Gasteiger partial charge in [0.2, 0.25) is 0 Å². The van der Waals surface area contributed by atoms with Crippen LogP contribution in [0.2, 0.25) is 0 Å². The average molecular weight is 497 g/mol. The molecule has 0 fully saturated rings. The molecular weight excluding hydrogens is 479 g/mol. The SMILES string of the molecule is COc1cc(/C=C2\C(=O)N(c3ccccc3)N=C2C(F)(F)F)ccc1OCc1ccc([N+](=O)[O-])cc1. The monoisotopic (exact) mass is 497 g/mol. The molecule has 0 saturated heterocycles. The number of nitro groups is 1. The summed E-state index contributed by atoms with van der Waals surface area (Å²) in [6.07, 6.45) is -3.75. The van der Waals surface area contributed by atoms with Gasteiger partial charge in [-0.25, -0.2) is 0 Å². The number of nitrogens with zero attached hydrogens (tertiary/aromatic N) is 3. The largest absolute Gasteiger partial charge is 0.493 e. The molecule has 1 amide bonds. The van der Waals surface area contributed by atoms with Gasteiger partial charge in [-0.1, -0.05) is 24.3 Å². The Morgan fingerprint density at radius 1 is 1.03 bits per heavy atom. The summed E-state index contributed by atoms with van der Waals surface area (Å²) in [6.45, 7) is 0.0736. The number of ether oxygens (including phenoxy) is 2. The van der Waals surface area contributed by atoms with Crippen molar-refractivity contribution in [2.75, 3.05) is 12.1 Å². The van der Waals surface area contributed by atoms with Crippen LogP contribution in [0.3, 0.4) is 0 Å². The highest BCUT2D eigenvalue weighted by Gasteiger charge is 2.46. The van der Waals surface area contributed by atoms with Crippen molar-refractivity contribution in [3.8, 4) is 11.5 Å². The third-order valence-corrected chi connectivity index (χ3v) is 5.19. The van der Waals surface area contributed by atoms with E-state index in [-0.39, 0.29) is 29.3 Å². The summed E-state index contributed by atoms with van der Waals surface area (Å²) < 4.78 is 52.1. The fourth-order valence-electron chi connectivity index (χ4n) is 3.43. The Morgan fingerprint density at radius 2 is 1.72 bits per heavy atom. The van der Waals surface area contributed by atoms with Crippen molar-refractivity contribution in [2.24, 2.45) is 5.10 Å². The number of rotatable bonds is 7. The fourth-order valence-corrected chi connectivity index (χ4v) is 3.43. The summed E-state index contributed by atoms with van der Waals surface area (Å²) in [5.41, 5.74) is -0.813. The summed E-state index contributed by atoms with van der Waals surface area (Å²) in [5, 5.41) is 15.0. The maximum atomic E-state index is 13.7. The summed E-state index contributed by atoms with van der Waals surface area (Å²) in [5.74, 6) is -0.389. The van der Waals surface area contributed by atoms with E-state index in [1.54, 1.807) is 30.3 Å². The van der Waals surface area contributed by atoms with Crippen LogP contribution >= 0.6 is 0 Å². The Balaban J connectivity index is 1.59. The van der Waals surface area contributed by atoms with Crippen molar-refractivity contribution in [3.63, 3.8) is 0 Å². The number of carbonyl (C=O) groups excluding carboxylic acids is 1. The highest BCUT2D eigenvalue weighted by molar-refractivity contribution is 6.34. The summed E-state index contributed by atoms with van der Waals surface area (Å²) in [6, 6.07) is 18.0. The topological polar surface area (TPSA) is 94.3 Å². The van der Waals surface area contributed by atoms with E-state index in [1.807, 2.05) is 0 Å². The van der Waals surface area contributed by atoms with Crippen molar-refractivity contribution >= 4 is 29.1 Å². The first kappa shape index (κ1) is 24.5. The molecule has 0 N–H and O–H groups in total. The average Bonchev–Trinajstić information content (AvgIpc) is 3.20. The molecule has 0 aliphatic carbocycles. The molecule has 0 atom stereocenters. The van der Waals surface area contributed by atoms with Gasteiger partial charge in [-0.05, 0) is 53.6 Å². The van der Waals surface area contributed by atoms with E-state index >= 15 is 0 Å². The number of hydrazone groups is 1. The molecule has 1 aliphatic rings. The van der Waals surface area contributed by atoms with Gasteiger partial charge in [-0.3, -0.25) is 14.9 Å². The number of anilines is 1. The Morgan fingerprint density at radius 3 is 2.33 bits per heavy atom. The normalized spacial score (nSPS) is 14.7. The predicted molar refractivity (Wildman–Crippen MR) is 126 cm³/mol. The zero-order valence-electron chi connectivity index (χ0n) is 18.7. The molecule has 184 valence electrons. The van der Waals surface area contributed by atoms with Crippen LogP contribution in [-0.4, -0.2) is 29.8 Å². The second kappa shape index (κ2) is 9.90. The molecule has 0 aromatic heterocycles. The van der Waals surface area contributed by atoms with Crippen LogP contribution in [0, 0.1) is 10.1 Å². The molecule has 1 aliphatic heterocycles. The van der Waals surface area contributed by atoms with Gasteiger partial charge < -0.3 is 9.47 Å². The van der Waals surface area contributed by atoms with Crippen molar-refractivity contribution in [1.82, 2.24) is 0 Å². The van der Waals surface area contributed by atoms with Crippen LogP contribution in [0.4, 0.5) is 24.5 Å². The third kappa shape index (κ3) is 5.19. The molecule has 0 spiro atoms. The number of nitro benzene ring substituents is 1. The first-order chi connectivity index (χ1) is 17.2. The number of methoxy groups -OCH3 is 1. The van der Waals surface area contributed by atoms with Gasteiger partial charge in [0.15, 0.2) is 17.2 Å². The second-order valence-corrected chi connectivity index (χ2v) is 7.58. The highest BCUT2D eigenvalue weighted by atomic mass is 19.4. The zero-order chi connectivity index (χ0) is 25.9. The van der Waals surface area contributed by atoms with Crippen molar-refractivity contribution in [3.05, 3.63) is 99.6 Å². The third-order valence-electron chi connectivity index (χ3n) is 5.19. The molecule has 3 aromatic rings. The smallest absolute Gasteiger partial charge is 0.435 e. The number of halogens is 3. The summed E-state index contributed by atoms with van der Waals surface area (Å²) in [4.78, 5) is 23.1. The molecule has 0 saturated carbocycles. The van der Waals surface area contributed by atoms with Crippen molar-refractivity contribution in [1.29, 1.82) is 0 Å². The number of hydrogen-bond acceptors (Lipinski definition) is 6. The number of alkyl halides is 3. The molecule has 11 heteroatoms. The molecule has 36 heavy (non-hydrogen) atoms. The lowest BCUT2D eigenvalue weighted by molar-refractivity contribution is -0.384. The van der Waals surface area contributed by atoms with Crippen LogP contribution in [-0.2, 0) is 11.4 Å². The Kier molecular flexibility index (Phi) is 6.73. The number of benzene rings is 3. The van der Waals surface area contributed by atoms with Gasteiger partial charge in [0.25, 0.3) is 11.6 Å². The van der Waals surface area contributed by atoms with E-state index < -0.39 is 28.3 Å². The minimum Gasteiger partial charge on any atom is -0.493 e. The van der Waals surface area contributed by atoms with Gasteiger partial charge in [-0.15, -0.1) is 0 Å². The first-order valence-corrected chi connectivity index (χ1v) is 10.5. The highest BCUT2D eigenvalue weighted by Crippen LogP contribution is 2.34. The zero-order valence-corrected chi connectivity index (χ0v) is 18.7. The van der Waals surface area contributed by atoms with Crippen LogP contribution in [0.1, 0.15) is 11.1 Å². The number of para-hydroxylation sites is 1. The molecule has 0 unspecified atom stereocenters. The molecule has 3 aromatic carbocycles. The standard InChI is InChI=1S/C25H18F3N3O5/c1-35-22-14-17(9-12-21(22)36-15-16-7-10-19(11-8-16)31(33)34)13-20-23(25(26,27)28)29-30(24(20)32)18-5-3-2-4-6-18/h2-14H,15H2,1H3/b20-13-. The van der Waals surface area contributed by atoms with Crippen molar-refractivity contribution < 1.29 is 32.4 Å². The molecular formula is C25H18F3N3O5. The minimum absolute atomic E-state index is 0.0530. The lowest BCUT2D eigenvalue weighted by atomic mass is 10.1. The Labute approximate surface area is 203 Å². The summed E-state index contributed by atoms with van der Waals surface area (Å²) in [7, 11) is 1.37. The van der Waals surface area contributed by atoms with Gasteiger partial charge in [0, 0.05) is 12.1 Å². The van der Waals surface area contributed by atoms with Crippen LogP contribution in [0.5, 0.6) is 11.5 Å². The van der Waals surface area contributed by atoms with Crippen LogP contribution in [0.15, 0.2) is 83.5 Å². The van der Waals surface area contributed by atoms with Crippen LogP contribution in [0.25, 0.3) is 6.08 Å². The Hall–Kier alpha value is -4.67. The van der Waals surface area contributed by atoms with E-state index in [1.165, 1.54) is 49.6 Å². The number of amides is 1. The van der Waals surface area contributed by atoms with Gasteiger partial charge in [0.1, 0.15) is 6.61 Å².